The average Bonchev–Trinajstić information content (AvgIpc) is 2.24. The lowest BCUT2D eigenvalue weighted by Gasteiger charge is -2.09. The summed E-state index contributed by atoms with van der Waals surface area (Å²) in [5, 5.41) is 9.70. The molecular formula is C10H12O3S. The minimum atomic E-state index is -3.09. The van der Waals surface area contributed by atoms with Gasteiger partial charge in [0.1, 0.15) is 0 Å². The highest BCUT2D eigenvalue weighted by molar-refractivity contribution is 7.91. The Bertz CT molecular complexity index is 436. The van der Waals surface area contributed by atoms with Crippen LogP contribution in [-0.4, -0.2) is 25.0 Å². The summed E-state index contributed by atoms with van der Waals surface area (Å²) in [5.41, 5.74) is 1.70. The molecule has 1 aromatic carbocycles. The summed E-state index contributed by atoms with van der Waals surface area (Å²) < 4.78 is 22.8. The quantitative estimate of drug-likeness (QED) is 0.688. The van der Waals surface area contributed by atoms with Crippen molar-refractivity contribution in [2.75, 3.05) is 11.5 Å². The molecule has 1 heterocycles. The van der Waals surface area contributed by atoms with E-state index in [-0.39, 0.29) is 11.5 Å². The van der Waals surface area contributed by atoms with E-state index >= 15 is 0 Å². The van der Waals surface area contributed by atoms with E-state index in [2.05, 4.69) is 0 Å². The van der Waals surface area contributed by atoms with E-state index in [0.717, 1.165) is 11.1 Å². The molecule has 0 saturated heterocycles. The van der Waals surface area contributed by atoms with Crippen molar-refractivity contribution in [3.63, 3.8) is 0 Å². The molecule has 1 N–H and O–H groups in total. The first kappa shape index (κ1) is 9.68. The predicted molar refractivity (Wildman–Crippen MR) is 53.8 cm³/mol. The summed E-state index contributed by atoms with van der Waals surface area (Å²) >= 11 is 0. The van der Waals surface area contributed by atoms with Gasteiger partial charge in [0.05, 0.1) is 17.6 Å². The fraction of sp³-hybridized carbons (Fsp3) is 0.400. The van der Waals surface area contributed by atoms with Crippen molar-refractivity contribution in [1.29, 1.82) is 0 Å². The molecule has 0 aromatic heterocycles. The number of aliphatic hydroxyl groups is 1. The number of benzene rings is 1. The molecule has 1 aromatic rings. The van der Waals surface area contributed by atoms with Crippen molar-refractivity contribution in [1.82, 2.24) is 0 Å². The number of hydrogen-bond donors (Lipinski definition) is 1. The molecule has 2 rings (SSSR count). The Balaban J connectivity index is 2.46. The highest BCUT2D eigenvalue weighted by Gasteiger charge is 2.24. The maximum absolute atomic E-state index is 11.4. The molecule has 0 spiro atoms. The van der Waals surface area contributed by atoms with E-state index < -0.39 is 15.9 Å². The zero-order valence-corrected chi connectivity index (χ0v) is 8.50. The minimum Gasteiger partial charge on any atom is -0.387 e. The maximum atomic E-state index is 11.4. The van der Waals surface area contributed by atoms with Crippen molar-refractivity contribution in [2.24, 2.45) is 0 Å². The molecule has 1 unspecified atom stereocenters. The van der Waals surface area contributed by atoms with Crippen LogP contribution in [-0.2, 0) is 16.3 Å². The van der Waals surface area contributed by atoms with Crippen molar-refractivity contribution >= 4 is 9.84 Å². The Kier molecular flexibility index (Phi) is 2.33. The second-order valence-electron chi connectivity index (χ2n) is 3.58. The summed E-state index contributed by atoms with van der Waals surface area (Å²) in [5.74, 6) is -0.00884. The van der Waals surface area contributed by atoms with Gasteiger partial charge in [0, 0.05) is 0 Å². The number of fused-ring (bicyclic) bond motifs is 1. The first-order valence-electron chi connectivity index (χ1n) is 4.55. The molecule has 14 heavy (non-hydrogen) atoms. The monoisotopic (exact) mass is 212 g/mol. The van der Waals surface area contributed by atoms with Crippen LogP contribution in [0.25, 0.3) is 0 Å². The van der Waals surface area contributed by atoms with E-state index in [0.29, 0.717) is 6.42 Å². The van der Waals surface area contributed by atoms with Gasteiger partial charge in [0.15, 0.2) is 9.84 Å². The van der Waals surface area contributed by atoms with Crippen LogP contribution in [0.1, 0.15) is 17.2 Å². The van der Waals surface area contributed by atoms with E-state index in [9.17, 15) is 13.5 Å². The second kappa shape index (κ2) is 3.37. The number of hydrogen-bond acceptors (Lipinski definition) is 3. The predicted octanol–water partition coefficient (Wildman–Crippen LogP) is 0.691. The van der Waals surface area contributed by atoms with Crippen LogP contribution in [0.3, 0.4) is 0 Å². The Morgan fingerprint density at radius 3 is 2.79 bits per heavy atom. The normalized spacial score (nSPS) is 25.1. The van der Waals surface area contributed by atoms with Crippen LogP contribution in [0, 0.1) is 0 Å². The van der Waals surface area contributed by atoms with Crippen LogP contribution in [0.5, 0.6) is 0 Å². The van der Waals surface area contributed by atoms with Crippen molar-refractivity contribution in [2.45, 2.75) is 12.5 Å². The van der Waals surface area contributed by atoms with E-state index in [1.54, 1.807) is 6.07 Å². The smallest absolute Gasteiger partial charge is 0.153 e. The van der Waals surface area contributed by atoms with E-state index in [1.165, 1.54) is 0 Å². The molecule has 3 nitrogen and oxygen atoms in total. The fourth-order valence-corrected chi connectivity index (χ4v) is 3.12. The van der Waals surface area contributed by atoms with Gasteiger partial charge in [-0.25, -0.2) is 8.42 Å². The highest BCUT2D eigenvalue weighted by Crippen LogP contribution is 2.24. The lowest BCUT2D eigenvalue weighted by molar-refractivity contribution is 0.201. The van der Waals surface area contributed by atoms with Crippen molar-refractivity contribution in [3.05, 3.63) is 35.4 Å². The Morgan fingerprint density at radius 1 is 1.29 bits per heavy atom. The molecule has 76 valence electrons. The summed E-state index contributed by atoms with van der Waals surface area (Å²) in [6.45, 7) is 0. The van der Waals surface area contributed by atoms with Gasteiger partial charge in [-0.15, -0.1) is 0 Å². The summed E-state index contributed by atoms with van der Waals surface area (Å²) in [6.07, 6.45) is -0.353. The van der Waals surface area contributed by atoms with Gasteiger partial charge in [-0.05, 0) is 17.5 Å². The lowest BCUT2D eigenvalue weighted by atomic mass is 10.0. The van der Waals surface area contributed by atoms with Gasteiger partial charge in [0.2, 0.25) is 0 Å². The second-order valence-corrected chi connectivity index (χ2v) is 5.81. The number of aryl methyl sites for hydroxylation is 1. The molecule has 0 saturated carbocycles. The third-order valence-corrected chi connectivity index (χ3v) is 4.16. The maximum Gasteiger partial charge on any atom is 0.153 e. The summed E-state index contributed by atoms with van der Waals surface area (Å²) in [6, 6.07) is 7.35. The van der Waals surface area contributed by atoms with Crippen LogP contribution >= 0.6 is 0 Å². The van der Waals surface area contributed by atoms with Crippen LogP contribution in [0.15, 0.2) is 24.3 Å². The molecule has 1 atom stereocenters. The van der Waals surface area contributed by atoms with Crippen molar-refractivity contribution in [3.8, 4) is 0 Å². The van der Waals surface area contributed by atoms with Gasteiger partial charge in [-0.2, -0.15) is 0 Å². The first-order chi connectivity index (χ1) is 6.58. The zero-order chi connectivity index (χ0) is 10.2. The topological polar surface area (TPSA) is 54.4 Å². The van der Waals surface area contributed by atoms with Gasteiger partial charge < -0.3 is 5.11 Å². The standard InChI is InChI=1S/C10H12O3S/c11-10-7-14(12,13)6-5-8-3-1-2-4-9(8)10/h1-4,10-11H,5-7H2. The fourth-order valence-electron chi connectivity index (χ4n) is 1.77. The molecule has 0 fully saturated rings. The van der Waals surface area contributed by atoms with E-state index in [4.69, 9.17) is 0 Å². The SMILES string of the molecule is O=S1(=O)CCc2ccccc2C(O)C1. The van der Waals surface area contributed by atoms with Gasteiger partial charge >= 0.3 is 0 Å². The highest BCUT2D eigenvalue weighted by atomic mass is 32.2. The molecule has 0 amide bonds. The van der Waals surface area contributed by atoms with Gasteiger partial charge in [-0.3, -0.25) is 0 Å². The largest absolute Gasteiger partial charge is 0.387 e. The third-order valence-electron chi connectivity index (χ3n) is 2.51. The Morgan fingerprint density at radius 2 is 2.00 bits per heavy atom. The molecule has 1 aliphatic rings. The Labute approximate surface area is 83.3 Å². The van der Waals surface area contributed by atoms with Crippen LogP contribution in [0.4, 0.5) is 0 Å². The van der Waals surface area contributed by atoms with Crippen molar-refractivity contribution < 1.29 is 13.5 Å². The molecule has 4 heteroatoms. The van der Waals surface area contributed by atoms with Gasteiger partial charge in [0.25, 0.3) is 0 Å². The summed E-state index contributed by atoms with van der Waals surface area (Å²) in [4.78, 5) is 0. The van der Waals surface area contributed by atoms with Gasteiger partial charge in [-0.1, -0.05) is 24.3 Å². The average molecular weight is 212 g/mol. The lowest BCUT2D eigenvalue weighted by Crippen LogP contribution is -2.14. The summed E-state index contributed by atoms with van der Waals surface area (Å²) in [7, 11) is -3.09. The molecule has 0 bridgehead atoms. The van der Waals surface area contributed by atoms with Crippen LogP contribution < -0.4 is 0 Å². The van der Waals surface area contributed by atoms with E-state index in [1.807, 2.05) is 18.2 Å². The number of rotatable bonds is 0. The van der Waals surface area contributed by atoms with Crippen LogP contribution in [0.2, 0.25) is 0 Å². The molecule has 0 radical (unpaired) electrons. The Hall–Kier alpha value is -0.870. The first-order valence-corrected chi connectivity index (χ1v) is 6.37. The number of sulfone groups is 1. The molecule has 1 aliphatic heterocycles. The number of aliphatic hydroxyl groups excluding tert-OH is 1. The third kappa shape index (κ3) is 1.81. The molecular weight excluding hydrogens is 200 g/mol. The minimum absolute atomic E-state index is 0.140. The zero-order valence-electron chi connectivity index (χ0n) is 7.68. The molecule has 0 aliphatic carbocycles.